The minimum absolute atomic E-state index is 0.256. The van der Waals surface area contributed by atoms with E-state index in [9.17, 15) is 4.39 Å². The quantitative estimate of drug-likeness (QED) is 0.470. The van der Waals surface area contributed by atoms with Gasteiger partial charge >= 0.3 is 0 Å². The van der Waals surface area contributed by atoms with Crippen LogP contribution >= 0.6 is 0 Å². The molecule has 154 valence electrons. The first-order chi connectivity index (χ1) is 15.2. The summed E-state index contributed by atoms with van der Waals surface area (Å²) < 4.78 is 25.0. The van der Waals surface area contributed by atoms with Crippen LogP contribution in [0, 0.1) is 5.82 Å². The number of nitrogens with zero attached hydrogens (tertiary/aromatic N) is 2. The second-order valence-corrected chi connectivity index (χ2v) is 7.19. The van der Waals surface area contributed by atoms with E-state index >= 15 is 0 Å². The third-order valence-electron chi connectivity index (χ3n) is 5.39. The van der Waals surface area contributed by atoms with Crippen molar-refractivity contribution < 1.29 is 13.5 Å². The standard InChI is InChI=1S/C25H20FN3O2/c1-30-19-12-8-17(9-13-19)24-28-25-21(14-15-31-25)23(27)29(24)18-10-6-16(7-11-18)20-4-2-3-5-22(20)26/h2-15,23H,27H2,1H3. The van der Waals surface area contributed by atoms with E-state index in [-0.39, 0.29) is 5.82 Å². The predicted molar refractivity (Wildman–Crippen MR) is 119 cm³/mol. The van der Waals surface area contributed by atoms with Gasteiger partial charge in [-0.3, -0.25) is 0 Å². The molecule has 5 rings (SSSR count). The van der Waals surface area contributed by atoms with Gasteiger partial charge in [0.15, 0.2) is 0 Å². The Morgan fingerprint density at radius 3 is 2.35 bits per heavy atom. The van der Waals surface area contributed by atoms with E-state index in [1.54, 1.807) is 25.5 Å². The highest BCUT2D eigenvalue weighted by molar-refractivity contribution is 6.12. The van der Waals surface area contributed by atoms with Crippen molar-refractivity contribution in [3.05, 3.63) is 102 Å². The monoisotopic (exact) mass is 413 g/mol. The van der Waals surface area contributed by atoms with E-state index in [0.717, 1.165) is 28.1 Å². The number of benzene rings is 3. The predicted octanol–water partition coefficient (Wildman–Crippen LogP) is 5.65. The number of methoxy groups -OCH3 is 1. The number of furan rings is 1. The fourth-order valence-corrected chi connectivity index (χ4v) is 3.77. The molecule has 1 aliphatic rings. The lowest BCUT2D eigenvalue weighted by atomic mass is 10.0. The smallest absolute Gasteiger partial charge is 0.227 e. The average Bonchev–Trinajstić information content (AvgIpc) is 3.29. The number of aliphatic imine (C=N–C) groups is 1. The summed E-state index contributed by atoms with van der Waals surface area (Å²) in [6.07, 6.45) is 1.10. The second-order valence-electron chi connectivity index (χ2n) is 7.19. The Kier molecular flexibility index (Phi) is 4.76. The molecule has 5 nitrogen and oxygen atoms in total. The maximum atomic E-state index is 14.2. The number of hydrogen-bond acceptors (Lipinski definition) is 5. The number of fused-ring (bicyclic) bond motifs is 1. The van der Waals surface area contributed by atoms with E-state index in [0.29, 0.717) is 17.3 Å². The maximum absolute atomic E-state index is 14.2. The lowest BCUT2D eigenvalue weighted by Crippen LogP contribution is -2.41. The Morgan fingerprint density at radius 2 is 1.65 bits per heavy atom. The first kappa shape index (κ1) is 19.1. The molecule has 0 spiro atoms. The SMILES string of the molecule is COc1ccc(C2=Nc3occc3C(N)N2c2ccc(-c3ccccc3F)cc2)cc1. The first-order valence-corrected chi connectivity index (χ1v) is 9.86. The Bertz CT molecular complexity index is 1250. The van der Waals surface area contributed by atoms with E-state index in [1.165, 1.54) is 6.07 Å². The fourth-order valence-electron chi connectivity index (χ4n) is 3.77. The molecule has 0 radical (unpaired) electrons. The minimum Gasteiger partial charge on any atom is -0.497 e. The van der Waals surface area contributed by atoms with Crippen molar-refractivity contribution in [1.82, 2.24) is 0 Å². The topological polar surface area (TPSA) is 64.0 Å². The van der Waals surface area contributed by atoms with Crippen molar-refractivity contribution in [1.29, 1.82) is 0 Å². The zero-order valence-corrected chi connectivity index (χ0v) is 16.8. The highest BCUT2D eigenvalue weighted by Crippen LogP contribution is 2.38. The van der Waals surface area contributed by atoms with Gasteiger partial charge in [0.25, 0.3) is 0 Å². The molecule has 2 heterocycles. The summed E-state index contributed by atoms with van der Waals surface area (Å²) in [6.45, 7) is 0. The van der Waals surface area contributed by atoms with Crippen molar-refractivity contribution in [3.8, 4) is 16.9 Å². The number of ether oxygens (including phenoxy) is 1. The molecule has 4 aromatic rings. The van der Waals surface area contributed by atoms with Crippen LogP contribution in [0.1, 0.15) is 17.3 Å². The molecule has 0 aliphatic carbocycles. The molecule has 31 heavy (non-hydrogen) atoms. The number of nitrogens with two attached hydrogens (primary N) is 1. The molecule has 0 amide bonds. The molecule has 0 fully saturated rings. The number of hydrogen-bond donors (Lipinski definition) is 1. The number of halogens is 1. The molecule has 3 aromatic carbocycles. The Hall–Kier alpha value is -3.90. The normalized spacial score (nSPS) is 15.4. The van der Waals surface area contributed by atoms with Crippen LogP contribution in [0.4, 0.5) is 16.0 Å². The van der Waals surface area contributed by atoms with Gasteiger partial charge < -0.3 is 19.8 Å². The van der Waals surface area contributed by atoms with Crippen molar-refractivity contribution in [2.75, 3.05) is 12.0 Å². The second kappa shape index (κ2) is 7.74. The molecule has 0 bridgehead atoms. The summed E-state index contributed by atoms with van der Waals surface area (Å²) in [5.74, 6) is 1.66. The van der Waals surface area contributed by atoms with Crippen LogP contribution in [0.3, 0.4) is 0 Å². The zero-order chi connectivity index (χ0) is 21.4. The van der Waals surface area contributed by atoms with Gasteiger partial charge in [-0.25, -0.2) is 4.39 Å². The van der Waals surface area contributed by atoms with Crippen LogP contribution in [0.25, 0.3) is 11.1 Å². The molecule has 0 saturated heterocycles. The summed E-state index contributed by atoms with van der Waals surface area (Å²) in [5.41, 5.74) is 10.5. The van der Waals surface area contributed by atoms with Gasteiger partial charge in [0.05, 0.1) is 18.9 Å². The fraction of sp³-hybridized carbons (Fsp3) is 0.0800. The van der Waals surface area contributed by atoms with Crippen molar-refractivity contribution in [3.63, 3.8) is 0 Å². The third-order valence-corrected chi connectivity index (χ3v) is 5.39. The highest BCUT2D eigenvalue weighted by Gasteiger charge is 2.31. The van der Waals surface area contributed by atoms with E-state index in [2.05, 4.69) is 0 Å². The van der Waals surface area contributed by atoms with Gasteiger partial charge in [-0.2, -0.15) is 4.99 Å². The van der Waals surface area contributed by atoms with Crippen LogP contribution in [-0.4, -0.2) is 12.9 Å². The van der Waals surface area contributed by atoms with Crippen molar-refractivity contribution in [2.45, 2.75) is 6.17 Å². The molecular formula is C25H20FN3O2. The van der Waals surface area contributed by atoms with Crippen LogP contribution in [-0.2, 0) is 0 Å². The third kappa shape index (κ3) is 3.37. The summed E-state index contributed by atoms with van der Waals surface area (Å²) in [7, 11) is 1.63. The largest absolute Gasteiger partial charge is 0.497 e. The Labute approximate surface area is 179 Å². The van der Waals surface area contributed by atoms with Crippen LogP contribution in [0.5, 0.6) is 5.75 Å². The molecule has 1 aliphatic heterocycles. The molecule has 0 saturated carbocycles. The summed E-state index contributed by atoms with van der Waals surface area (Å²) in [4.78, 5) is 6.68. The maximum Gasteiger partial charge on any atom is 0.227 e. The van der Waals surface area contributed by atoms with E-state index < -0.39 is 6.17 Å². The van der Waals surface area contributed by atoms with Gasteiger partial charge in [-0.15, -0.1) is 0 Å². The molecule has 1 unspecified atom stereocenters. The molecule has 1 aromatic heterocycles. The van der Waals surface area contributed by atoms with Gasteiger partial charge in [0, 0.05) is 16.8 Å². The van der Waals surface area contributed by atoms with Crippen molar-refractivity contribution >= 4 is 17.4 Å². The summed E-state index contributed by atoms with van der Waals surface area (Å²) in [5, 5.41) is 0. The molecular weight excluding hydrogens is 393 g/mol. The van der Waals surface area contributed by atoms with Crippen LogP contribution in [0.15, 0.2) is 94.5 Å². The number of amidine groups is 1. The van der Waals surface area contributed by atoms with Gasteiger partial charge in [0.2, 0.25) is 5.88 Å². The molecule has 6 heteroatoms. The van der Waals surface area contributed by atoms with Gasteiger partial charge in [0.1, 0.15) is 23.6 Å². The van der Waals surface area contributed by atoms with Crippen molar-refractivity contribution in [2.24, 2.45) is 10.7 Å². The number of anilines is 1. The lowest BCUT2D eigenvalue weighted by Gasteiger charge is -2.34. The summed E-state index contributed by atoms with van der Waals surface area (Å²) >= 11 is 0. The van der Waals surface area contributed by atoms with Crippen LogP contribution < -0.4 is 15.4 Å². The average molecular weight is 413 g/mol. The van der Waals surface area contributed by atoms with E-state index in [4.69, 9.17) is 19.9 Å². The Morgan fingerprint density at radius 1 is 0.935 bits per heavy atom. The van der Waals surface area contributed by atoms with Gasteiger partial charge in [-0.1, -0.05) is 30.3 Å². The lowest BCUT2D eigenvalue weighted by molar-refractivity contribution is 0.415. The van der Waals surface area contributed by atoms with E-state index in [1.807, 2.05) is 65.6 Å². The van der Waals surface area contributed by atoms with Gasteiger partial charge in [-0.05, 0) is 54.1 Å². The Balaban J connectivity index is 1.57. The first-order valence-electron chi connectivity index (χ1n) is 9.86. The molecule has 2 N–H and O–H groups in total. The summed E-state index contributed by atoms with van der Waals surface area (Å²) in [6, 6.07) is 23.8. The zero-order valence-electron chi connectivity index (χ0n) is 16.8. The number of rotatable bonds is 4. The highest BCUT2D eigenvalue weighted by atomic mass is 19.1. The minimum atomic E-state index is -0.484. The molecule has 1 atom stereocenters. The van der Waals surface area contributed by atoms with Crippen LogP contribution in [0.2, 0.25) is 0 Å².